The van der Waals surface area contributed by atoms with Gasteiger partial charge in [0.25, 0.3) is 0 Å². The van der Waals surface area contributed by atoms with Crippen molar-refractivity contribution in [2.75, 3.05) is 12.9 Å². The number of aromatic nitrogens is 1. The molecule has 1 rings (SSSR count). The molecule has 0 aliphatic carbocycles. The molecule has 15 heavy (non-hydrogen) atoms. The van der Waals surface area contributed by atoms with Gasteiger partial charge >= 0.3 is 5.97 Å². The standard InChI is InChI=1S/C9H13NO4S/c1-3-14-9(11)8-5-4-6-10(8)7-15(2,12)13/h4-6H,3,7H2,1-2H3. The topological polar surface area (TPSA) is 65.4 Å². The number of carbonyl (C=O) groups excluding carboxylic acids is 1. The molecule has 0 aliphatic heterocycles. The van der Waals surface area contributed by atoms with Crippen LogP contribution in [0.15, 0.2) is 18.3 Å². The summed E-state index contributed by atoms with van der Waals surface area (Å²) in [5.41, 5.74) is 0.252. The Morgan fingerprint density at radius 2 is 2.20 bits per heavy atom. The average Bonchev–Trinajstić information content (AvgIpc) is 2.49. The predicted molar refractivity (Wildman–Crippen MR) is 55.2 cm³/mol. The number of sulfone groups is 1. The SMILES string of the molecule is CCOC(=O)c1cccn1CS(C)(=O)=O. The van der Waals surface area contributed by atoms with Gasteiger partial charge in [-0.2, -0.15) is 0 Å². The van der Waals surface area contributed by atoms with Gasteiger partial charge in [-0.25, -0.2) is 13.2 Å². The van der Waals surface area contributed by atoms with E-state index in [0.717, 1.165) is 6.26 Å². The number of carbonyl (C=O) groups is 1. The average molecular weight is 231 g/mol. The van der Waals surface area contributed by atoms with Crippen LogP contribution in [0.5, 0.6) is 0 Å². The minimum atomic E-state index is -3.16. The number of hydrogen-bond acceptors (Lipinski definition) is 4. The number of esters is 1. The van der Waals surface area contributed by atoms with Crippen molar-refractivity contribution in [3.05, 3.63) is 24.0 Å². The van der Waals surface area contributed by atoms with Gasteiger partial charge in [0.15, 0.2) is 9.84 Å². The quantitative estimate of drug-likeness (QED) is 0.714. The second-order valence-corrected chi connectivity index (χ2v) is 5.25. The van der Waals surface area contributed by atoms with Crippen LogP contribution in [0.1, 0.15) is 17.4 Å². The molecule has 0 saturated heterocycles. The lowest BCUT2D eigenvalue weighted by molar-refractivity contribution is 0.0515. The van der Waals surface area contributed by atoms with Crippen LogP contribution in [-0.4, -0.2) is 31.8 Å². The second-order valence-electron chi connectivity index (χ2n) is 3.14. The molecular formula is C9H13NO4S. The van der Waals surface area contributed by atoms with E-state index in [2.05, 4.69) is 0 Å². The fraction of sp³-hybridized carbons (Fsp3) is 0.444. The zero-order valence-electron chi connectivity index (χ0n) is 8.63. The van der Waals surface area contributed by atoms with Gasteiger partial charge in [-0.3, -0.25) is 0 Å². The highest BCUT2D eigenvalue weighted by molar-refractivity contribution is 7.89. The van der Waals surface area contributed by atoms with Crippen LogP contribution < -0.4 is 0 Å². The summed E-state index contributed by atoms with van der Waals surface area (Å²) in [6, 6.07) is 3.14. The molecule has 1 aromatic heterocycles. The first-order valence-corrected chi connectivity index (χ1v) is 6.50. The van der Waals surface area contributed by atoms with Crippen molar-refractivity contribution in [1.29, 1.82) is 0 Å². The number of nitrogens with zero attached hydrogens (tertiary/aromatic N) is 1. The Kier molecular flexibility index (Phi) is 3.52. The molecule has 1 heterocycles. The Labute approximate surface area is 88.6 Å². The molecule has 0 aromatic carbocycles. The summed E-state index contributed by atoms with van der Waals surface area (Å²) < 4.78 is 28.3. The van der Waals surface area contributed by atoms with Crippen molar-refractivity contribution in [3.8, 4) is 0 Å². The van der Waals surface area contributed by atoms with E-state index in [1.165, 1.54) is 16.8 Å². The first-order valence-electron chi connectivity index (χ1n) is 4.44. The van der Waals surface area contributed by atoms with E-state index >= 15 is 0 Å². The summed E-state index contributed by atoms with van der Waals surface area (Å²) in [5, 5.41) is 0. The summed E-state index contributed by atoms with van der Waals surface area (Å²) in [5.74, 6) is -0.722. The van der Waals surface area contributed by atoms with Crippen molar-refractivity contribution >= 4 is 15.8 Å². The molecule has 5 nitrogen and oxygen atoms in total. The Bertz CT molecular complexity index is 446. The monoisotopic (exact) mass is 231 g/mol. The van der Waals surface area contributed by atoms with Crippen LogP contribution in [0.3, 0.4) is 0 Å². The molecule has 0 bridgehead atoms. The fourth-order valence-corrected chi connectivity index (χ4v) is 1.90. The highest BCUT2D eigenvalue weighted by atomic mass is 32.2. The summed E-state index contributed by atoms with van der Waals surface area (Å²) >= 11 is 0. The zero-order valence-corrected chi connectivity index (χ0v) is 9.45. The highest BCUT2D eigenvalue weighted by Crippen LogP contribution is 2.06. The Hall–Kier alpha value is -1.30. The number of rotatable bonds is 4. The van der Waals surface area contributed by atoms with E-state index < -0.39 is 15.8 Å². The van der Waals surface area contributed by atoms with Gasteiger partial charge < -0.3 is 9.30 Å². The third-order valence-electron chi connectivity index (χ3n) is 1.69. The summed E-state index contributed by atoms with van der Waals surface area (Å²) in [6.07, 6.45) is 2.65. The molecule has 0 atom stereocenters. The number of ether oxygens (including phenoxy) is 1. The van der Waals surface area contributed by atoms with Gasteiger partial charge in [-0.05, 0) is 19.1 Å². The molecule has 0 radical (unpaired) electrons. The Morgan fingerprint density at radius 1 is 1.53 bits per heavy atom. The maximum Gasteiger partial charge on any atom is 0.354 e. The van der Waals surface area contributed by atoms with Crippen LogP contribution in [0.4, 0.5) is 0 Å². The van der Waals surface area contributed by atoms with Gasteiger partial charge in [0.1, 0.15) is 11.6 Å². The maximum absolute atomic E-state index is 11.4. The van der Waals surface area contributed by atoms with Gasteiger partial charge in [0.05, 0.1) is 6.61 Å². The molecule has 0 saturated carbocycles. The van der Waals surface area contributed by atoms with Gasteiger partial charge in [0, 0.05) is 12.5 Å². The molecular weight excluding hydrogens is 218 g/mol. The first kappa shape index (κ1) is 11.8. The highest BCUT2D eigenvalue weighted by Gasteiger charge is 2.14. The van der Waals surface area contributed by atoms with Crippen molar-refractivity contribution in [2.24, 2.45) is 0 Å². The molecule has 0 N–H and O–H groups in total. The van der Waals surface area contributed by atoms with Crippen LogP contribution in [0, 0.1) is 0 Å². The summed E-state index contributed by atoms with van der Waals surface area (Å²) in [6.45, 7) is 1.96. The van der Waals surface area contributed by atoms with Crippen molar-refractivity contribution in [2.45, 2.75) is 12.8 Å². The van der Waals surface area contributed by atoms with Gasteiger partial charge in [0.2, 0.25) is 0 Å². The molecule has 1 aromatic rings. The van der Waals surface area contributed by atoms with E-state index in [1.54, 1.807) is 13.0 Å². The lowest BCUT2D eigenvalue weighted by atomic mass is 10.4. The van der Waals surface area contributed by atoms with Crippen LogP contribution in [-0.2, 0) is 20.5 Å². The molecule has 0 unspecified atom stereocenters. The van der Waals surface area contributed by atoms with E-state index in [0.29, 0.717) is 0 Å². The second kappa shape index (κ2) is 4.48. The maximum atomic E-state index is 11.4. The van der Waals surface area contributed by atoms with Crippen LogP contribution in [0.2, 0.25) is 0 Å². The number of hydrogen-bond donors (Lipinski definition) is 0. The van der Waals surface area contributed by atoms with Crippen molar-refractivity contribution in [3.63, 3.8) is 0 Å². The minimum Gasteiger partial charge on any atom is -0.461 e. The molecule has 6 heteroatoms. The smallest absolute Gasteiger partial charge is 0.354 e. The van der Waals surface area contributed by atoms with Crippen molar-refractivity contribution < 1.29 is 17.9 Å². The van der Waals surface area contributed by atoms with Crippen molar-refractivity contribution in [1.82, 2.24) is 4.57 Å². The predicted octanol–water partition coefficient (Wildman–Crippen LogP) is 0.667. The van der Waals surface area contributed by atoms with E-state index in [4.69, 9.17) is 4.74 Å². The summed E-state index contributed by atoms with van der Waals surface area (Å²) in [4.78, 5) is 11.4. The lowest BCUT2D eigenvalue weighted by Gasteiger charge is -2.06. The van der Waals surface area contributed by atoms with Gasteiger partial charge in [-0.1, -0.05) is 0 Å². The van der Waals surface area contributed by atoms with Crippen LogP contribution >= 0.6 is 0 Å². The molecule has 0 spiro atoms. The van der Waals surface area contributed by atoms with E-state index in [-0.39, 0.29) is 18.2 Å². The fourth-order valence-electron chi connectivity index (χ4n) is 1.17. The normalized spacial score (nSPS) is 11.3. The van der Waals surface area contributed by atoms with Crippen LogP contribution in [0.25, 0.3) is 0 Å². The Morgan fingerprint density at radius 3 is 2.73 bits per heavy atom. The third-order valence-corrected chi connectivity index (χ3v) is 2.43. The Balaban J connectivity index is 2.92. The molecule has 0 aliphatic rings. The molecule has 0 fully saturated rings. The van der Waals surface area contributed by atoms with Gasteiger partial charge in [-0.15, -0.1) is 0 Å². The zero-order chi connectivity index (χ0) is 11.5. The molecule has 84 valence electrons. The molecule has 0 amide bonds. The third kappa shape index (κ3) is 3.39. The van der Waals surface area contributed by atoms with E-state index in [9.17, 15) is 13.2 Å². The minimum absolute atomic E-state index is 0.214. The van der Waals surface area contributed by atoms with E-state index in [1.807, 2.05) is 0 Å². The lowest BCUT2D eigenvalue weighted by Crippen LogP contribution is -2.15. The largest absolute Gasteiger partial charge is 0.461 e. The summed E-state index contributed by atoms with van der Waals surface area (Å²) in [7, 11) is -3.16. The first-order chi connectivity index (χ1) is 6.94.